The number of benzene rings is 2. The highest BCUT2D eigenvalue weighted by Gasteiger charge is 2.08. The lowest BCUT2D eigenvalue weighted by Crippen LogP contribution is -1.88. The van der Waals surface area contributed by atoms with Crippen molar-refractivity contribution in [3.63, 3.8) is 0 Å². The summed E-state index contributed by atoms with van der Waals surface area (Å²) in [6, 6.07) is 15.4. The van der Waals surface area contributed by atoms with Crippen LogP contribution >= 0.6 is 11.6 Å². The zero-order valence-electron chi connectivity index (χ0n) is 11.1. The third kappa shape index (κ3) is 2.74. The second-order valence-corrected chi connectivity index (χ2v) is 5.71. The maximum absolute atomic E-state index is 6.23. The summed E-state index contributed by atoms with van der Waals surface area (Å²) in [5, 5.41) is 0.972. The zero-order valence-corrected chi connectivity index (χ0v) is 11.9. The van der Waals surface area contributed by atoms with Crippen molar-refractivity contribution in [2.75, 3.05) is 0 Å². The molecule has 0 bridgehead atoms. The lowest BCUT2D eigenvalue weighted by atomic mass is 9.97. The van der Waals surface area contributed by atoms with Crippen LogP contribution in [0.3, 0.4) is 0 Å². The van der Waals surface area contributed by atoms with Crippen LogP contribution in [0, 0.1) is 6.92 Å². The van der Waals surface area contributed by atoms with Crippen LogP contribution in [0.25, 0.3) is 17.2 Å². The average molecular weight is 269 g/mol. The fraction of sp³-hybridized carbons (Fsp3) is 0.222. The van der Waals surface area contributed by atoms with Gasteiger partial charge in [0.25, 0.3) is 0 Å². The normalized spacial score (nSPS) is 14.5. The molecule has 0 amide bonds. The molecular weight excluding hydrogens is 252 g/mol. The van der Waals surface area contributed by atoms with E-state index in [0.29, 0.717) is 0 Å². The summed E-state index contributed by atoms with van der Waals surface area (Å²) < 4.78 is 0. The molecule has 1 heteroatoms. The molecule has 19 heavy (non-hydrogen) atoms. The van der Waals surface area contributed by atoms with Gasteiger partial charge < -0.3 is 0 Å². The minimum atomic E-state index is 0.972. The Labute approximate surface area is 119 Å². The molecule has 0 aliphatic heterocycles. The monoisotopic (exact) mass is 268 g/mol. The van der Waals surface area contributed by atoms with Crippen molar-refractivity contribution in [1.82, 2.24) is 0 Å². The van der Waals surface area contributed by atoms with E-state index in [0.717, 1.165) is 24.3 Å². The summed E-state index contributed by atoms with van der Waals surface area (Å²) in [4.78, 5) is 0. The van der Waals surface area contributed by atoms with E-state index in [9.17, 15) is 0 Å². The van der Waals surface area contributed by atoms with E-state index in [1.807, 2.05) is 0 Å². The summed E-state index contributed by atoms with van der Waals surface area (Å²) in [5.41, 5.74) is 6.51. The van der Waals surface area contributed by atoms with Crippen LogP contribution in [0.15, 0.2) is 47.5 Å². The van der Waals surface area contributed by atoms with Crippen LogP contribution in [0.4, 0.5) is 0 Å². The van der Waals surface area contributed by atoms with Gasteiger partial charge in [0.1, 0.15) is 0 Å². The van der Waals surface area contributed by atoms with E-state index >= 15 is 0 Å². The zero-order chi connectivity index (χ0) is 13.2. The number of fused-ring (bicyclic) bond motifs is 1. The third-order valence-electron chi connectivity index (χ3n) is 3.70. The van der Waals surface area contributed by atoms with Gasteiger partial charge in [0.15, 0.2) is 0 Å². The van der Waals surface area contributed by atoms with Crippen LogP contribution in [0.5, 0.6) is 0 Å². The molecule has 2 aromatic rings. The van der Waals surface area contributed by atoms with Crippen molar-refractivity contribution >= 4 is 17.7 Å². The first-order valence-electron chi connectivity index (χ1n) is 6.78. The predicted octanol–water partition coefficient (Wildman–Crippen LogP) is 5.58. The molecule has 3 rings (SSSR count). The van der Waals surface area contributed by atoms with Crippen molar-refractivity contribution in [3.05, 3.63) is 64.2 Å². The van der Waals surface area contributed by atoms with Crippen molar-refractivity contribution in [2.24, 2.45) is 0 Å². The summed E-state index contributed by atoms with van der Waals surface area (Å²) in [7, 11) is 0. The standard InChI is InChI=1S/C18H17Cl/c1-13-5-7-15(8-6-13)16-10-9-14-3-2-4-18(19)12-17(14)11-16/h5-12H,2-4H2,1H3. The quantitative estimate of drug-likeness (QED) is 0.633. The first kappa shape index (κ1) is 12.5. The molecule has 1 aliphatic rings. The fourth-order valence-corrected chi connectivity index (χ4v) is 2.82. The van der Waals surface area contributed by atoms with Gasteiger partial charge in [-0.2, -0.15) is 0 Å². The molecule has 0 aromatic heterocycles. The number of allylic oxidation sites excluding steroid dienone is 1. The molecule has 0 saturated carbocycles. The number of hydrogen-bond donors (Lipinski definition) is 0. The molecule has 1 aliphatic carbocycles. The maximum atomic E-state index is 6.23. The Morgan fingerprint density at radius 2 is 1.63 bits per heavy atom. The van der Waals surface area contributed by atoms with E-state index < -0.39 is 0 Å². The number of aryl methyl sites for hydroxylation is 2. The predicted molar refractivity (Wildman–Crippen MR) is 83.4 cm³/mol. The van der Waals surface area contributed by atoms with Crippen molar-refractivity contribution in [1.29, 1.82) is 0 Å². The molecule has 0 unspecified atom stereocenters. The second kappa shape index (κ2) is 5.22. The van der Waals surface area contributed by atoms with E-state index in [4.69, 9.17) is 11.6 Å². The van der Waals surface area contributed by atoms with Gasteiger partial charge in [-0.25, -0.2) is 0 Å². The number of rotatable bonds is 1. The summed E-state index contributed by atoms with van der Waals surface area (Å²) in [6.45, 7) is 2.11. The topological polar surface area (TPSA) is 0 Å². The molecule has 0 N–H and O–H groups in total. The van der Waals surface area contributed by atoms with E-state index in [-0.39, 0.29) is 0 Å². The third-order valence-corrected chi connectivity index (χ3v) is 4.00. The van der Waals surface area contributed by atoms with E-state index in [2.05, 4.69) is 55.5 Å². The van der Waals surface area contributed by atoms with Gasteiger partial charge in [-0.05, 0) is 60.6 Å². The van der Waals surface area contributed by atoms with Gasteiger partial charge in [-0.15, -0.1) is 0 Å². The Hall–Kier alpha value is -1.53. The average Bonchev–Trinajstić information content (AvgIpc) is 2.59. The van der Waals surface area contributed by atoms with Crippen LogP contribution in [0.2, 0.25) is 0 Å². The van der Waals surface area contributed by atoms with Crippen LogP contribution < -0.4 is 0 Å². The first-order chi connectivity index (χ1) is 9.22. The molecular formula is C18H17Cl. The maximum Gasteiger partial charge on any atom is 0.0187 e. The van der Waals surface area contributed by atoms with E-state index in [1.165, 1.54) is 27.8 Å². The molecule has 0 spiro atoms. The Balaban J connectivity index is 2.05. The lowest BCUT2D eigenvalue weighted by molar-refractivity contribution is 0.844. The molecule has 0 atom stereocenters. The van der Waals surface area contributed by atoms with Gasteiger partial charge >= 0.3 is 0 Å². The fourth-order valence-electron chi connectivity index (χ4n) is 2.57. The van der Waals surface area contributed by atoms with Crippen LogP contribution in [-0.2, 0) is 6.42 Å². The first-order valence-corrected chi connectivity index (χ1v) is 7.16. The number of halogens is 1. The van der Waals surface area contributed by atoms with Crippen LogP contribution in [0.1, 0.15) is 29.5 Å². The molecule has 0 nitrogen and oxygen atoms in total. The van der Waals surface area contributed by atoms with Crippen LogP contribution in [-0.4, -0.2) is 0 Å². The van der Waals surface area contributed by atoms with Gasteiger partial charge in [0, 0.05) is 5.03 Å². The Bertz CT molecular complexity index is 621. The second-order valence-electron chi connectivity index (χ2n) is 5.22. The molecule has 0 heterocycles. The van der Waals surface area contributed by atoms with Gasteiger partial charge in [-0.1, -0.05) is 53.6 Å². The SMILES string of the molecule is Cc1ccc(-c2ccc3c(c2)C=C(Cl)CCC3)cc1. The molecule has 96 valence electrons. The summed E-state index contributed by atoms with van der Waals surface area (Å²) in [5.74, 6) is 0. The van der Waals surface area contributed by atoms with E-state index in [1.54, 1.807) is 0 Å². The number of hydrogen-bond acceptors (Lipinski definition) is 0. The molecule has 0 radical (unpaired) electrons. The van der Waals surface area contributed by atoms with Crippen molar-refractivity contribution < 1.29 is 0 Å². The Morgan fingerprint density at radius 3 is 2.42 bits per heavy atom. The minimum Gasteiger partial charge on any atom is -0.0891 e. The Kier molecular flexibility index (Phi) is 3.44. The van der Waals surface area contributed by atoms with Gasteiger partial charge in [0.05, 0.1) is 0 Å². The lowest BCUT2D eigenvalue weighted by Gasteiger charge is -2.08. The highest BCUT2D eigenvalue weighted by atomic mass is 35.5. The molecule has 2 aromatic carbocycles. The summed E-state index contributed by atoms with van der Waals surface area (Å²) in [6.07, 6.45) is 5.39. The Morgan fingerprint density at radius 1 is 0.895 bits per heavy atom. The smallest absolute Gasteiger partial charge is 0.0187 e. The molecule has 0 saturated heterocycles. The van der Waals surface area contributed by atoms with Gasteiger partial charge in [0.2, 0.25) is 0 Å². The van der Waals surface area contributed by atoms with Crippen molar-refractivity contribution in [2.45, 2.75) is 26.2 Å². The molecule has 0 fully saturated rings. The van der Waals surface area contributed by atoms with Crippen molar-refractivity contribution in [3.8, 4) is 11.1 Å². The highest BCUT2D eigenvalue weighted by Crippen LogP contribution is 2.29. The largest absolute Gasteiger partial charge is 0.0891 e. The summed E-state index contributed by atoms with van der Waals surface area (Å²) >= 11 is 6.23. The van der Waals surface area contributed by atoms with Gasteiger partial charge in [-0.3, -0.25) is 0 Å². The minimum absolute atomic E-state index is 0.972. The highest BCUT2D eigenvalue weighted by molar-refractivity contribution is 6.31.